The van der Waals surface area contributed by atoms with Crippen molar-refractivity contribution in [1.29, 1.82) is 0 Å². The van der Waals surface area contributed by atoms with Crippen molar-refractivity contribution >= 4 is 0 Å². The molecule has 0 saturated carbocycles. The quantitative estimate of drug-likeness (QED) is 0.0479. The molecule has 89 heavy (non-hydrogen) atoms. The van der Waals surface area contributed by atoms with Crippen molar-refractivity contribution < 1.29 is 204 Å². The zero-order valence-electron chi connectivity index (χ0n) is 46.5. The molecule has 8 heterocycles. The maximum absolute atomic E-state index is 11.5. The van der Waals surface area contributed by atoms with Crippen molar-refractivity contribution in [3.05, 3.63) is 0 Å². The van der Waals surface area contributed by atoms with Gasteiger partial charge in [-0.25, -0.2) is 0 Å². The van der Waals surface area contributed by atoms with Gasteiger partial charge in [0.25, 0.3) is 0 Å². The summed E-state index contributed by atoms with van der Waals surface area (Å²) < 4.78 is 83.5. The van der Waals surface area contributed by atoms with E-state index in [-0.39, 0.29) is 0 Å². The molecule has 0 aliphatic carbocycles. The van der Waals surface area contributed by atoms with Crippen LogP contribution in [0, 0.1) is 0 Å². The maximum Gasteiger partial charge on any atom is 0.187 e. The molecule has 0 bridgehead atoms. The Bertz CT molecular complexity index is 2120. The van der Waals surface area contributed by atoms with Crippen LogP contribution in [0.5, 0.6) is 0 Å². The minimum absolute atomic E-state index is 0.866. The first kappa shape index (κ1) is 73.2. The van der Waals surface area contributed by atoms with Crippen molar-refractivity contribution in [2.24, 2.45) is 0 Å². The molecule has 0 spiro atoms. The van der Waals surface area contributed by atoms with Gasteiger partial charge in [-0.15, -0.1) is 0 Å². The summed E-state index contributed by atoms with van der Waals surface area (Å²) in [6.07, 6.45) is -79.4. The first-order valence-electron chi connectivity index (χ1n) is 28.2. The van der Waals surface area contributed by atoms with Crippen LogP contribution >= 0.6 is 0 Å². The van der Waals surface area contributed by atoms with Crippen molar-refractivity contribution in [2.45, 2.75) is 246 Å². The number of aliphatic hydroxyl groups is 26. The van der Waals surface area contributed by atoms with E-state index in [4.69, 9.17) is 71.1 Å². The molecule has 0 amide bonds. The Hall–Kier alpha value is -1.64. The summed E-state index contributed by atoms with van der Waals surface area (Å²) in [7, 11) is 0. The van der Waals surface area contributed by atoms with Gasteiger partial charge in [-0.3, -0.25) is 0 Å². The number of ether oxygens (including phenoxy) is 15. The summed E-state index contributed by atoms with van der Waals surface area (Å²) in [4.78, 5) is 0. The molecular weight excluding hydrogens is 1230 g/mol. The van der Waals surface area contributed by atoms with E-state index in [9.17, 15) is 133 Å². The van der Waals surface area contributed by atoms with Gasteiger partial charge in [0.05, 0.1) is 52.9 Å². The lowest BCUT2D eigenvalue weighted by Crippen LogP contribution is -2.68. The van der Waals surface area contributed by atoms with Gasteiger partial charge in [-0.05, 0) is 0 Å². The van der Waals surface area contributed by atoms with Crippen molar-refractivity contribution in [3.8, 4) is 0 Å². The molecule has 41 heteroatoms. The van der Waals surface area contributed by atoms with Crippen molar-refractivity contribution in [2.75, 3.05) is 52.9 Å². The second kappa shape index (κ2) is 31.5. The Morgan fingerprint density at radius 2 is 0.360 bits per heavy atom. The Kier molecular flexibility index (Phi) is 25.9. The zero-order valence-corrected chi connectivity index (χ0v) is 46.5. The van der Waals surface area contributed by atoms with E-state index in [1.807, 2.05) is 0 Å². The highest BCUT2D eigenvalue weighted by atomic mass is 16.8. The van der Waals surface area contributed by atoms with E-state index in [0.29, 0.717) is 0 Å². The van der Waals surface area contributed by atoms with E-state index in [1.54, 1.807) is 0 Å². The minimum atomic E-state index is -2.29. The predicted octanol–water partition coefficient (Wildman–Crippen LogP) is -18.5. The van der Waals surface area contributed by atoms with Gasteiger partial charge in [-0.1, -0.05) is 0 Å². The highest BCUT2D eigenvalue weighted by molar-refractivity contribution is 5.02. The number of rotatable bonds is 22. The molecule has 0 aromatic carbocycles. The third kappa shape index (κ3) is 15.0. The largest absolute Gasteiger partial charge is 0.394 e. The monoisotopic (exact) mass is 1310 g/mol. The molecule has 8 rings (SSSR count). The molecule has 8 aliphatic rings. The maximum atomic E-state index is 11.5. The highest BCUT2D eigenvalue weighted by Crippen LogP contribution is 2.39. The van der Waals surface area contributed by atoms with E-state index in [1.165, 1.54) is 0 Å². The van der Waals surface area contributed by atoms with Gasteiger partial charge in [0, 0.05) is 0 Å². The SMILES string of the molecule is OC[C@H]1O[C@@H](O[C@H]2[C@H](O)[C@@H](O)[C@H](O[C@@H]3[C@@H](O)[C@H](O[C@H]4[C@H](O)[C@@H](O)[C@H](O[C@H]5[C@H](O)[C@@H](O)[C@H](O[C@H]6[C@H](O)[C@@H](O)[C@H](O[C@@H]7[C@@H](O)[C@H](O[C@H]8[C@H](O)[C@@H](O)[C@H](O)O[C@@H]8CO)O[C@H](CO)[C@H]7O)O[C@@H]6CO)O[C@@H]5CO)O[C@@H]4CO)O[C@H](CO)[C@H]3O)O[C@@H]2CO)[C@H](O)[C@@H](O)[C@@H]1O. The standard InChI is InChI=1S/C48H82O41/c49-1-9-17(57)20(60)27(67)42(76-9)83-35-14(6-54)81-45(30(70)24(35)64)89-40-19(59)11(3-51)78-48(33(40)73)87-38-16(8-56)80-44(29(69)23(38)63)84-36-13(5-53)79-43(28(68)22(36)62)85-37-15(7-55)82-46(31(71)25(37)65)88-39-18(58)10(2-50)77-47(32(39)72)86-34-12(4-52)75-41(74)26(66)21(34)61/h9-74H,1-8H2/t9-,10-,11-,12-,13-,14-,15-,16-,17-,18-,19-,20+,21-,22-,23-,24-,25-,26-,27-,28-,29-,30-,31-,32-,33-,34-,35-,36-,37-,38-,39+,40+,41-,42+,43+,44+,45+,46+,47+,48+/m1/s1. The highest BCUT2D eigenvalue weighted by Gasteiger charge is 2.59. The van der Waals surface area contributed by atoms with Crippen LogP contribution in [-0.2, 0) is 71.1 Å². The fraction of sp³-hybridized carbons (Fsp3) is 1.00. The topological polar surface area (TPSA) is 664 Å². The second-order valence-electron chi connectivity index (χ2n) is 22.4. The number of hydrogen-bond acceptors (Lipinski definition) is 41. The van der Waals surface area contributed by atoms with Gasteiger partial charge in [0.15, 0.2) is 50.3 Å². The second-order valence-corrected chi connectivity index (χ2v) is 22.4. The predicted molar refractivity (Wildman–Crippen MR) is 264 cm³/mol. The molecule has 8 aliphatic heterocycles. The van der Waals surface area contributed by atoms with Gasteiger partial charge in [0.1, 0.15) is 195 Å². The molecule has 40 atom stereocenters. The minimum Gasteiger partial charge on any atom is -0.394 e. The average Bonchev–Trinajstić information content (AvgIpc) is 1.01. The summed E-state index contributed by atoms with van der Waals surface area (Å²) >= 11 is 0. The fourth-order valence-electron chi connectivity index (χ4n) is 11.5. The number of hydrogen-bond donors (Lipinski definition) is 26. The van der Waals surface area contributed by atoms with Gasteiger partial charge in [-0.2, -0.15) is 0 Å². The van der Waals surface area contributed by atoms with Crippen LogP contribution in [0.4, 0.5) is 0 Å². The lowest BCUT2D eigenvalue weighted by molar-refractivity contribution is -0.400. The van der Waals surface area contributed by atoms with E-state index < -0.39 is 299 Å². The van der Waals surface area contributed by atoms with Crippen LogP contribution < -0.4 is 0 Å². The van der Waals surface area contributed by atoms with Crippen LogP contribution in [0.1, 0.15) is 0 Å². The van der Waals surface area contributed by atoms with Crippen molar-refractivity contribution in [1.82, 2.24) is 0 Å². The summed E-state index contributed by atoms with van der Waals surface area (Å²) in [5, 5.41) is 278. The molecule has 26 N–H and O–H groups in total. The van der Waals surface area contributed by atoms with E-state index >= 15 is 0 Å². The fourth-order valence-corrected chi connectivity index (χ4v) is 11.5. The van der Waals surface area contributed by atoms with Crippen LogP contribution in [0.15, 0.2) is 0 Å². The molecule has 8 saturated heterocycles. The van der Waals surface area contributed by atoms with Crippen molar-refractivity contribution in [3.63, 3.8) is 0 Å². The Morgan fingerprint density at radius 3 is 0.618 bits per heavy atom. The first-order valence-corrected chi connectivity index (χ1v) is 28.2. The summed E-state index contributed by atoms with van der Waals surface area (Å²) in [5.41, 5.74) is 0. The third-order valence-corrected chi connectivity index (χ3v) is 16.7. The first-order chi connectivity index (χ1) is 42.2. The lowest BCUT2D eigenvalue weighted by Gasteiger charge is -2.50. The Balaban J connectivity index is 0.879. The van der Waals surface area contributed by atoms with Gasteiger partial charge >= 0.3 is 0 Å². The van der Waals surface area contributed by atoms with Crippen LogP contribution in [0.25, 0.3) is 0 Å². The molecule has 41 nitrogen and oxygen atoms in total. The molecule has 0 aromatic rings. The summed E-state index contributed by atoms with van der Waals surface area (Å²) in [6.45, 7) is -8.14. The van der Waals surface area contributed by atoms with E-state index in [2.05, 4.69) is 0 Å². The third-order valence-electron chi connectivity index (χ3n) is 16.7. The van der Waals surface area contributed by atoms with Crippen LogP contribution in [0.2, 0.25) is 0 Å². The molecule has 0 unspecified atom stereocenters. The lowest BCUT2D eigenvalue weighted by atomic mass is 9.95. The normalized spacial score (nSPS) is 53.6. The molecular formula is C48H82O41. The van der Waals surface area contributed by atoms with Gasteiger partial charge in [0.2, 0.25) is 0 Å². The van der Waals surface area contributed by atoms with Gasteiger partial charge < -0.3 is 204 Å². The Labute approximate surface area is 501 Å². The van der Waals surface area contributed by atoms with Crippen LogP contribution in [0.3, 0.4) is 0 Å². The zero-order chi connectivity index (χ0) is 65.4. The molecule has 0 aromatic heterocycles. The smallest absolute Gasteiger partial charge is 0.187 e. The summed E-state index contributed by atoms with van der Waals surface area (Å²) in [5.74, 6) is 0. The molecule has 8 fully saturated rings. The molecule has 520 valence electrons. The average molecular weight is 1320 g/mol. The van der Waals surface area contributed by atoms with Crippen LogP contribution in [-0.4, -0.2) is 431 Å². The molecule has 0 radical (unpaired) electrons. The number of aliphatic hydroxyl groups excluding tert-OH is 26. The van der Waals surface area contributed by atoms with E-state index in [0.717, 1.165) is 0 Å². The Morgan fingerprint density at radius 1 is 0.169 bits per heavy atom. The summed E-state index contributed by atoms with van der Waals surface area (Å²) in [6, 6.07) is 0.